The summed E-state index contributed by atoms with van der Waals surface area (Å²) in [5.74, 6) is 0.846. The summed E-state index contributed by atoms with van der Waals surface area (Å²) in [7, 11) is 0. The van der Waals surface area contributed by atoms with E-state index in [-0.39, 0.29) is 0 Å². The predicted octanol–water partition coefficient (Wildman–Crippen LogP) is 3.12. The third-order valence-electron chi connectivity index (χ3n) is 1.93. The molecule has 0 amide bonds. The smallest absolute Gasteiger partial charge is 0.0621 e. The molecule has 0 radical (unpaired) electrons. The van der Waals surface area contributed by atoms with Gasteiger partial charge in [-0.3, -0.25) is 0 Å². The van der Waals surface area contributed by atoms with Crippen LogP contribution >= 0.6 is 0 Å². The Kier molecular flexibility index (Phi) is 6.27. The summed E-state index contributed by atoms with van der Waals surface area (Å²) in [6, 6.07) is 2.16. The van der Waals surface area contributed by atoms with E-state index in [0.717, 1.165) is 18.8 Å². The summed E-state index contributed by atoms with van der Waals surface area (Å²) in [4.78, 5) is 0. The summed E-state index contributed by atoms with van der Waals surface area (Å²) in [6.07, 6.45) is 5.60. The molecular weight excluding hydrogens is 122 g/mol. The standard InChI is InChI=1S/C9H17N/c1-3-9(2)7-5-4-6-8-10/h9H,3-7H2,1-2H3. The van der Waals surface area contributed by atoms with E-state index in [4.69, 9.17) is 5.26 Å². The van der Waals surface area contributed by atoms with Crippen LogP contribution in [0, 0.1) is 17.2 Å². The number of rotatable bonds is 5. The molecule has 0 aliphatic carbocycles. The second-order valence-electron chi connectivity index (χ2n) is 2.92. The van der Waals surface area contributed by atoms with Crippen molar-refractivity contribution in [3.8, 4) is 6.07 Å². The summed E-state index contributed by atoms with van der Waals surface area (Å²) < 4.78 is 0. The molecule has 0 saturated heterocycles. The van der Waals surface area contributed by atoms with Crippen molar-refractivity contribution < 1.29 is 0 Å². The molecule has 0 heterocycles. The van der Waals surface area contributed by atoms with Gasteiger partial charge in [0, 0.05) is 6.42 Å². The lowest BCUT2D eigenvalue weighted by atomic mass is 10.0. The zero-order chi connectivity index (χ0) is 7.82. The zero-order valence-corrected chi connectivity index (χ0v) is 7.06. The fraction of sp³-hybridized carbons (Fsp3) is 0.889. The molecule has 10 heavy (non-hydrogen) atoms. The SMILES string of the molecule is CCC(C)CCCCC#N. The monoisotopic (exact) mass is 139 g/mol. The van der Waals surface area contributed by atoms with Gasteiger partial charge < -0.3 is 0 Å². The normalized spacial score (nSPS) is 12.5. The first-order valence-electron chi connectivity index (χ1n) is 4.18. The Morgan fingerprint density at radius 3 is 2.60 bits per heavy atom. The Labute approximate surface area is 64.1 Å². The zero-order valence-electron chi connectivity index (χ0n) is 7.06. The van der Waals surface area contributed by atoms with Crippen LogP contribution in [0.25, 0.3) is 0 Å². The maximum absolute atomic E-state index is 8.24. The third-order valence-corrected chi connectivity index (χ3v) is 1.93. The van der Waals surface area contributed by atoms with Crippen LogP contribution in [0.2, 0.25) is 0 Å². The van der Waals surface area contributed by atoms with E-state index in [1.54, 1.807) is 0 Å². The highest BCUT2D eigenvalue weighted by Gasteiger charge is 1.96. The van der Waals surface area contributed by atoms with E-state index in [2.05, 4.69) is 19.9 Å². The van der Waals surface area contributed by atoms with Crippen molar-refractivity contribution in [2.45, 2.75) is 46.0 Å². The maximum atomic E-state index is 8.24. The van der Waals surface area contributed by atoms with E-state index < -0.39 is 0 Å². The highest BCUT2D eigenvalue weighted by Crippen LogP contribution is 2.11. The van der Waals surface area contributed by atoms with Gasteiger partial charge in [-0.05, 0) is 12.3 Å². The summed E-state index contributed by atoms with van der Waals surface area (Å²) in [5.41, 5.74) is 0. The lowest BCUT2D eigenvalue weighted by Crippen LogP contribution is -1.90. The molecule has 1 atom stereocenters. The summed E-state index contributed by atoms with van der Waals surface area (Å²) in [5, 5.41) is 8.24. The van der Waals surface area contributed by atoms with Gasteiger partial charge in [-0.25, -0.2) is 0 Å². The van der Waals surface area contributed by atoms with E-state index >= 15 is 0 Å². The fourth-order valence-corrected chi connectivity index (χ4v) is 0.901. The molecule has 0 saturated carbocycles. The maximum Gasteiger partial charge on any atom is 0.0621 e. The van der Waals surface area contributed by atoms with Crippen molar-refractivity contribution in [1.29, 1.82) is 5.26 Å². The summed E-state index contributed by atoms with van der Waals surface area (Å²) in [6.45, 7) is 4.49. The number of unbranched alkanes of at least 4 members (excludes halogenated alkanes) is 2. The average Bonchev–Trinajstić information content (AvgIpc) is 1.98. The van der Waals surface area contributed by atoms with Gasteiger partial charge in [0.25, 0.3) is 0 Å². The minimum Gasteiger partial charge on any atom is -0.198 e. The van der Waals surface area contributed by atoms with Gasteiger partial charge in [0.1, 0.15) is 0 Å². The van der Waals surface area contributed by atoms with Crippen LogP contribution in [0.5, 0.6) is 0 Å². The molecule has 1 unspecified atom stereocenters. The van der Waals surface area contributed by atoms with Gasteiger partial charge in [0.15, 0.2) is 0 Å². The number of hydrogen-bond donors (Lipinski definition) is 0. The second-order valence-corrected chi connectivity index (χ2v) is 2.92. The lowest BCUT2D eigenvalue weighted by molar-refractivity contribution is 0.487. The van der Waals surface area contributed by atoms with Crippen molar-refractivity contribution >= 4 is 0 Å². The van der Waals surface area contributed by atoms with Crippen molar-refractivity contribution in [2.24, 2.45) is 5.92 Å². The van der Waals surface area contributed by atoms with Crippen LogP contribution in [-0.2, 0) is 0 Å². The Balaban J connectivity index is 2.98. The van der Waals surface area contributed by atoms with E-state index in [0.29, 0.717) is 0 Å². The second kappa shape index (κ2) is 6.61. The molecule has 0 aliphatic rings. The molecule has 0 aliphatic heterocycles. The van der Waals surface area contributed by atoms with Crippen LogP contribution in [0.4, 0.5) is 0 Å². The largest absolute Gasteiger partial charge is 0.198 e. The minimum atomic E-state index is 0.733. The van der Waals surface area contributed by atoms with Crippen molar-refractivity contribution in [1.82, 2.24) is 0 Å². The molecule has 0 aromatic rings. The molecule has 0 aromatic heterocycles. The first-order valence-corrected chi connectivity index (χ1v) is 4.18. The van der Waals surface area contributed by atoms with Gasteiger partial charge in [-0.15, -0.1) is 0 Å². The van der Waals surface area contributed by atoms with E-state index in [9.17, 15) is 0 Å². The average molecular weight is 139 g/mol. The number of hydrogen-bond acceptors (Lipinski definition) is 1. The van der Waals surface area contributed by atoms with Gasteiger partial charge in [-0.1, -0.05) is 33.1 Å². The first-order chi connectivity index (χ1) is 4.81. The molecule has 58 valence electrons. The molecule has 1 heteroatoms. The molecule has 0 N–H and O–H groups in total. The Bertz CT molecular complexity index is 102. The molecular formula is C9H17N. The molecule has 0 spiro atoms. The number of nitrogens with zero attached hydrogens (tertiary/aromatic N) is 1. The van der Waals surface area contributed by atoms with E-state index in [1.807, 2.05) is 0 Å². The quantitative estimate of drug-likeness (QED) is 0.537. The number of nitriles is 1. The van der Waals surface area contributed by atoms with Crippen LogP contribution in [0.1, 0.15) is 46.0 Å². The van der Waals surface area contributed by atoms with Crippen molar-refractivity contribution in [2.75, 3.05) is 0 Å². The molecule has 0 bridgehead atoms. The van der Waals surface area contributed by atoms with E-state index in [1.165, 1.54) is 19.3 Å². The lowest BCUT2D eigenvalue weighted by Gasteiger charge is -2.05. The van der Waals surface area contributed by atoms with Crippen LogP contribution < -0.4 is 0 Å². The first kappa shape index (κ1) is 9.49. The minimum absolute atomic E-state index is 0.733. The van der Waals surface area contributed by atoms with Gasteiger partial charge in [0.2, 0.25) is 0 Å². The van der Waals surface area contributed by atoms with Gasteiger partial charge >= 0.3 is 0 Å². The van der Waals surface area contributed by atoms with Gasteiger partial charge in [0.05, 0.1) is 6.07 Å². The summed E-state index contributed by atoms with van der Waals surface area (Å²) >= 11 is 0. The highest BCUT2D eigenvalue weighted by atomic mass is 14.2. The molecule has 0 fully saturated rings. The third kappa shape index (κ3) is 5.62. The Morgan fingerprint density at radius 2 is 2.10 bits per heavy atom. The fourth-order valence-electron chi connectivity index (χ4n) is 0.901. The Hall–Kier alpha value is -0.510. The van der Waals surface area contributed by atoms with Crippen LogP contribution in [0.15, 0.2) is 0 Å². The molecule has 0 aromatic carbocycles. The van der Waals surface area contributed by atoms with Crippen LogP contribution in [0.3, 0.4) is 0 Å². The van der Waals surface area contributed by atoms with Crippen molar-refractivity contribution in [3.63, 3.8) is 0 Å². The highest BCUT2D eigenvalue weighted by molar-refractivity contribution is 4.68. The van der Waals surface area contributed by atoms with Crippen molar-refractivity contribution in [3.05, 3.63) is 0 Å². The molecule has 1 nitrogen and oxygen atoms in total. The van der Waals surface area contributed by atoms with Crippen LogP contribution in [-0.4, -0.2) is 0 Å². The predicted molar refractivity (Wildman–Crippen MR) is 43.5 cm³/mol. The topological polar surface area (TPSA) is 23.8 Å². The van der Waals surface area contributed by atoms with Gasteiger partial charge in [-0.2, -0.15) is 5.26 Å². The molecule has 0 rings (SSSR count). The Morgan fingerprint density at radius 1 is 1.40 bits per heavy atom.